The summed E-state index contributed by atoms with van der Waals surface area (Å²) in [5, 5.41) is 6.12. The van der Waals surface area contributed by atoms with Gasteiger partial charge in [-0.05, 0) is 24.3 Å². The molecule has 0 spiro atoms. The Morgan fingerprint density at radius 1 is 1.00 bits per heavy atom. The van der Waals surface area contributed by atoms with E-state index in [1.807, 2.05) is 6.07 Å². The number of aromatic nitrogens is 1. The topological polar surface area (TPSA) is 89.5 Å². The van der Waals surface area contributed by atoms with Crippen LogP contribution in [0.5, 0.6) is 17.4 Å². The predicted octanol–water partition coefficient (Wildman–Crippen LogP) is 3.35. The minimum absolute atomic E-state index is 0.154. The van der Waals surface area contributed by atoms with E-state index in [1.165, 1.54) is 14.0 Å². The van der Waals surface area contributed by atoms with Gasteiger partial charge in [0.05, 0.1) is 12.6 Å². The highest BCUT2D eigenvalue weighted by atomic mass is 16.5. The summed E-state index contributed by atoms with van der Waals surface area (Å²) >= 11 is 0. The van der Waals surface area contributed by atoms with E-state index in [4.69, 9.17) is 9.47 Å². The highest BCUT2D eigenvalue weighted by Gasteiger charge is 2.08. The van der Waals surface area contributed by atoms with E-state index in [0.29, 0.717) is 34.1 Å². The number of nitrogens with one attached hydrogen (secondary N) is 2. The Kier molecular flexibility index (Phi) is 5.21. The number of ether oxygens (including phenoxy) is 2. The van der Waals surface area contributed by atoms with Gasteiger partial charge in [0.1, 0.15) is 11.5 Å². The molecule has 27 heavy (non-hydrogen) atoms. The van der Waals surface area contributed by atoms with E-state index in [-0.39, 0.29) is 11.8 Å². The molecule has 2 aromatic carbocycles. The molecular weight excluding hydrogens is 346 g/mol. The summed E-state index contributed by atoms with van der Waals surface area (Å²) in [6.07, 6.45) is 0. The lowest BCUT2D eigenvalue weighted by Crippen LogP contribution is -2.17. The second-order valence-electron chi connectivity index (χ2n) is 5.82. The Labute approximate surface area is 156 Å². The third kappa shape index (κ3) is 4.33. The van der Waals surface area contributed by atoms with Crippen LogP contribution in [0.3, 0.4) is 0 Å². The fourth-order valence-electron chi connectivity index (χ4n) is 2.59. The van der Waals surface area contributed by atoms with Crippen molar-refractivity contribution >= 4 is 28.4 Å². The standard InChI is InChI=1S/C20H19N3O4/c1-12(24)22-15-9-16(26-3)11-17(10-15)27-19-7-5-13-8-14(20(25)21-2)4-6-18(13)23-19/h4-11H,1-3H3,(H,21,25)(H,22,24). The predicted molar refractivity (Wildman–Crippen MR) is 103 cm³/mol. The maximum Gasteiger partial charge on any atom is 0.251 e. The fraction of sp³-hybridized carbons (Fsp3) is 0.150. The van der Waals surface area contributed by atoms with Gasteiger partial charge >= 0.3 is 0 Å². The molecule has 0 aliphatic rings. The molecule has 3 aromatic rings. The number of rotatable bonds is 5. The largest absolute Gasteiger partial charge is 0.497 e. The fourth-order valence-corrected chi connectivity index (χ4v) is 2.59. The summed E-state index contributed by atoms with van der Waals surface area (Å²) in [6, 6.07) is 13.9. The Hall–Kier alpha value is -3.61. The number of pyridine rings is 1. The monoisotopic (exact) mass is 365 g/mol. The van der Waals surface area contributed by atoms with Crippen molar-refractivity contribution in [3.8, 4) is 17.4 Å². The number of benzene rings is 2. The molecule has 0 aliphatic heterocycles. The van der Waals surface area contributed by atoms with Crippen molar-refractivity contribution in [3.05, 3.63) is 54.1 Å². The van der Waals surface area contributed by atoms with Gasteiger partial charge in [-0.25, -0.2) is 4.98 Å². The van der Waals surface area contributed by atoms with E-state index < -0.39 is 0 Å². The number of carbonyl (C=O) groups excluding carboxylic acids is 2. The maximum absolute atomic E-state index is 11.7. The van der Waals surface area contributed by atoms with Crippen molar-refractivity contribution in [1.82, 2.24) is 10.3 Å². The third-order valence-corrected chi connectivity index (χ3v) is 3.81. The van der Waals surface area contributed by atoms with Crippen LogP contribution in [0.2, 0.25) is 0 Å². The van der Waals surface area contributed by atoms with Crippen molar-refractivity contribution in [2.45, 2.75) is 6.92 Å². The first-order valence-corrected chi connectivity index (χ1v) is 8.26. The maximum atomic E-state index is 11.7. The van der Waals surface area contributed by atoms with Crippen molar-refractivity contribution in [2.24, 2.45) is 0 Å². The van der Waals surface area contributed by atoms with Gasteiger partial charge in [-0.15, -0.1) is 0 Å². The molecule has 0 unspecified atom stereocenters. The summed E-state index contributed by atoms with van der Waals surface area (Å²) < 4.78 is 11.1. The van der Waals surface area contributed by atoms with Gasteiger partial charge in [-0.3, -0.25) is 9.59 Å². The molecule has 0 radical (unpaired) electrons. The zero-order valence-corrected chi connectivity index (χ0v) is 15.2. The lowest BCUT2D eigenvalue weighted by Gasteiger charge is -2.11. The molecule has 7 heteroatoms. The molecule has 0 fully saturated rings. The van der Waals surface area contributed by atoms with Gasteiger partial charge in [-0.2, -0.15) is 0 Å². The molecule has 2 amide bonds. The van der Waals surface area contributed by atoms with Crippen LogP contribution in [0.4, 0.5) is 5.69 Å². The Balaban J connectivity index is 1.90. The van der Waals surface area contributed by atoms with E-state index in [1.54, 1.807) is 49.5 Å². The average Bonchev–Trinajstić information content (AvgIpc) is 2.66. The van der Waals surface area contributed by atoms with Gasteiger partial charge in [0, 0.05) is 54.9 Å². The summed E-state index contributed by atoms with van der Waals surface area (Å²) in [4.78, 5) is 27.5. The second-order valence-corrected chi connectivity index (χ2v) is 5.82. The van der Waals surface area contributed by atoms with E-state index in [2.05, 4.69) is 15.6 Å². The van der Waals surface area contributed by atoms with Crippen LogP contribution in [-0.4, -0.2) is 31.0 Å². The van der Waals surface area contributed by atoms with Crippen LogP contribution in [0, 0.1) is 0 Å². The number of fused-ring (bicyclic) bond motifs is 1. The van der Waals surface area contributed by atoms with Gasteiger partial charge in [-0.1, -0.05) is 0 Å². The number of hydrogen-bond donors (Lipinski definition) is 2. The van der Waals surface area contributed by atoms with Crippen molar-refractivity contribution in [1.29, 1.82) is 0 Å². The number of anilines is 1. The lowest BCUT2D eigenvalue weighted by molar-refractivity contribution is -0.114. The molecule has 0 bridgehead atoms. The molecule has 2 N–H and O–H groups in total. The summed E-state index contributed by atoms with van der Waals surface area (Å²) in [7, 11) is 3.13. The lowest BCUT2D eigenvalue weighted by atomic mass is 10.1. The minimum atomic E-state index is -0.190. The Bertz CT molecular complexity index is 1020. The SMILES string of the molecule is CNC(=O)c1ccc2nc(Oc3cc(NC(C)=O)cc(OC)c3)ccc2c1. The van der Waals surface area contributed by atoms with Gasteiger partial charge < -0.3 is 20.1 Å². The van der Waals surface area contributed by atoms with Crippen LogP contribution in [0.1, 0.15) is 17.3 Å². The number of amides is 2. The first-order valence-electron chi connectivity index (χ1n) is 8.26. The molecule has 0 saturated carbocycles. The minimum Gasteiger partial charge on any atom is -0.497 e. The van der Waals surface area contributed by atoms with Crippen molar-refractivity contribution in [2.75, 3.05) is 19.5 Å². The van der Waals surface area contributed by atoms with E-state index >= 15 is 0 Å². The van der Waals surface area contributed by atoms with Gasteiger partial charge in [0.15, 0.2) is 0 Å². The Morgan fingerprint density at radius 3 is 2.48 bits per heavy atom. The Morgan fingerprint density at radius 2 is 1.78 bits per heavy atom. The van der Waals surface area contributed by atoms with Gasteiger partial charge in [0.25, 0.3) is 5.91 Å². The quantitative estimate of drug-likeness (QED) is 0.724. The van der Waals surface area contributed by atoms with Crippen LogP contribution < -0.4 is 20.1 Å². The first-order chi connectivity index (χ1) is 13.0. The highest BCUT2D eigenvalue weighted by molar-refractivity contribution is 5.97. The van der Waals surface area contributed by atoms with Gasteiger partial charge in [0.2, 0.25) is 11.8 Å². The molecule has 1 aromatic heterocycles. The molecular formula is C20H19N3O4. The summed E-state index contributed by atoms with van der Waals surface area (Å²) in [5.41, 5.74) is 1.83. The second kappa shape index (κ2) is 7.74. The molecule has 3 rings (SSSR count). The zero-order valence-electron chi connectivity index (χ0n) is 15.2. The first kappa shape index (κ1) is 18.2. The van der Waals surface area contributed by atoms with Crippen LogP contribution >= 0.6 is 0 Å². The molecule has 0 aliphatic carbocycles. The highest BCUT2D eigenvalue weighted by Crippen LogP contribution is 2.30. The number of nitrogens with zero attached hydrogens (tertiary/aromatic N) is 1. The smallest absolute Gasteiger partial charge is 0.251 e. The summed E-state index contributed by atoms with van der Waals surface area (Å²) in [6.45, 7) is 1.43. The molecule has 7 nitrogen and oxygen atoms in total. The van der Waals surface area contributed by atoms with Crippen LogP contribution in [0.25, 0.3) is 10.9 Å². The van der Waals surface area contributed by atoms with Crippen LogP contribution in [0.15, 0.2) is 48.5 Å². The normalized spacial score (nSPS) is 10.3. The number of methoxy groups -OCH3 is 1. The van der Waals surface area contributed by atoms with E-state index in [9.17, 15) is 9.59 Å². The zero-order chi connectivity index (χ0) is 19.4. The molecule has 0 saturated heterocycles. The average molecular weight is 365 g/mol. The molecule has 0 atom stereocenters. The van der Waals surface area contributed by atoms with Crippen LogP contribution in [-0.2, 0) is 4.79 Å². The number of carbonyl (C=O) groups is 2. The summed E-state index contributed by atoms with van der Waals surface area (Å²) in [5.74, 6) is 1.07. The molecule has 138 valence electrons. The van der Waals surface area contributed by atoms with Crippen molar-refractivity contribution < 1.29 is 19.1 Å². The third-order valence-electron chi connectivity index (χ3n) is 3.81. The molecule has 1 heterocycles. The number of hydrogen-bond acceptors (Lipinski definition) is 5. The van der Waals surface area contributed by atoms with Crippen molar-refractivity contribution in [3.63, 3.8) is 0 Å². The van der Waals surface area contributed by atoms with E-state index in [0.717, 1.165) is 5.39 Å².